The highest BCUT2D eigenvalue weighted by molar-refractivity contribution is 14.1. The summed E-state index contributed by atoms with van der Waals surface area (Å²) in [4.78, 5) is 10.8. The molecule has 6 bridgehead atoms. The fourth-order valence-corrected chi connectivity index (χ4v) is 8.26. The lowest BCUT2D eigenvalue weighted by atomic mass is 9.70. The second-order valence-electron chi connectivity index (χ2n) is 6.49. The van der Waals surface area contributed by atoms with Crippen molar-refractivity contribution in [3.05, 3.63) is 0 Å². The van der Waals surface area contributed by atoms with Crippen molar-refractivity contribution in [3.63, 3.8) is 0 Å². The van der Waals surface area contributed by atoms with E-state index in [1.54, 1.807) is 0 Å². The smallest absolute Gasteiger partial charge is 0.332 e. The third-order valence-electron chi connectivity index (χ3n) is 6.38. The van der Waals surface area contributed by atoms with Crippen LogP contribution in [0.1, 0.15) is 6.42 Å². The fourth-order valence-electron chi connectivity index (χ4n) is 6.44. The molecule has 2 amide bonds. The van der Waals surface area contributed by atoms with E-state index in [-0.39, 0.29) is 21.7 Å². The summed E-state index contributed by atoms with van der Waals surface area (Å²) in [6, 6.07) is -0.653. The van der Waals surface area contributed by atoms with Crippen molar-refractivity contribution in [1.82, 2.24) is 5.43 Å². The van der Waals surface area contributed by atoms with Crippen LogP contribution in [0.15, 0.2) is 5.10 Å². The quantitative estimate of drug-likeness (QED) is 0.413. The van der Waals surface area contributed by atoms with Crippen LogP contribution < -0.4 is 11.2 Å². The SMILES string of the molecule is NC(=O)N/N=C1\[C@H]2[C@H]3C[C@H]4[C@H]5[C@@H]3[C@H]1[C@](F)([C@H]42)[C@H]5I. The van der Waals surface area contributed by atoms with E-state index in [2.05, 4.69) is 33.1 Å². The lowest BCUT2D eigenvalue weighted by molar-refractivity contribution is 0.0218. The van der Waals surface area contributed by atoms with Crippen molar-refractivity contribution in [2.45, 2.75) is 16.0 Å². The first-order valence-corrected chi connectivity index (χ1v) is 7.77. The summed E-state index contributed by atoms with van der Waals surface area (Å²) in [5.41, 5.74) is 7.26. The minimum Gasteiger partial charge on any atom is -0.350 e. The minimum absolute atomic E-state index is 0.0324. The highest BCUT2D eigenvalue weighted by atomic mass is 127. The lowest BCUT2D eigenvalue weighted by Crippen LogP contribution is -2.42. The molecule has 0 saturated heterocycles. The lowest BCUT2D eigenvalue weighted by Gasteiger charge is -2.36. The number of nitrogens with two attached hydrogens (primary N) is 1. The number of rotatable bonds is 1. The molecule has 6 fully saturated rings. The van der Waals surface area contributed by atoms with Gasteiger partial charge in [-0.05, 0) is 30.1 Å². The zero-order valence-electron chi connectivity index (χ0n) is 9.51. The fraction of sp³-hybridized carbons (Fsp3) is 0.833. The van der Waals surface area contributed by atoms with Crippen LogP contribution in [0.4, 0.5) is 9.18 Å². The summed E-state index contributed by atoms with van der Waals surface area (Å²) in [5.74, 6) is 2.70. The maximum Gasteiger partial charge on any atom is 0.332 e. The van der Waals surface area contributed by atoms with Crippen LogP contribution in [0.5, 0.6) is 0 Å². The van der Waals surface area contributed by atoms with Crippen LogP contribution in [0, 0.1) is 41.4 Å². The van der Waals surface area contributed by atoms with Crippen LogP contribution in [-0.2, 0) is 0 Å². The molecule has 0 radical (unpaired) electrons. The van der Waals surface area contributed by atoms with E-state index in [4.69, 9.17) is 5.73 Å². The van der Waals surface area contributed by atoms with Gasteiger partial charge in [-0.2, -0.15) is 5.10 Å². The normalized spacial score (nSPS) is 66.9. The van der Waals surface area contributed by atoms with E-state index in [0.29, 0.717) is 23.7 Å². The predicted molar refractivity (Wildman–Crippen MR) is 70.8 cm³/mol. The first-order valence-electron chi connectivity index (χ1n) is 6.52. The summed E-state index contributed by atoms with van der Waals surface area (Å²) in [7, 11) is 0. The average Bonchev–Trinajstić information content (AvgIpc) is 2.99. The van der Waals surface area contributed by atoms with Crippen LogP contribution in [0.2, 0.25) is 0 Å². The second-order valence-corrected chi connectivity index (χ2v) is 7.83. The molecule has 0 aliphatic heterocycles. The van der Waals surface area contributed by atoms with Gasteiger partial charge in [-0.25, -0.2) is 14.6 Å². The van der Waals surface area contributed by atoms with Gasteiger partial charge >= 0.3 is 6.03 Å². The number of halogens is 2. The Hall–Kier alpha value is -0.400. The van der Waals surface area contributed by atoms with Crippen molar-refractivity contribution >= 4 is 34.3 Å². The molecule has 6 aliphatic carbocycles. The molecule has 6 heteroatoms. The summed E-state index contributed by atoms with van der Waals surface area (Å²) in [6.45, 7) is 0. The number of alkyl halides is 2. The molecule has 0 aromatic rings. The molecule has 0 unspecified atom stereocenters. The van der Waals surface area contributed by atoms with E-state index in [1.807, 2.05) is 0 Å². The molecule has 96 valence electrons. The van der Waals surface area contributed by atoms with Gasteiger partial charge in [0.05, 0.1) is 0 Å². The number of carbonyl (C=O) groups is 1. The summed E-state index contributed by atoms with van der Waals surface area (Å²) in [5, 5.41) is 4.17. The Kier molecular flexibility index (Phi) is 1.57. The first-order chi connectivity index (χ1) is 8.56. The van der Waals surface area contributed by atoms with Crippen molar-refractivity contribution < 1.29 is 9.18 Å². The number of hydrazone groups is 1. The molecule has 9 atom stereocenters. The molecule has 6 aliphatic rings. The van der Waals surface area contributed by atoms with Crippen molar-refractivity contribution in [2.75, 3.05) is 0 Å². The molecule has 0 spiro atoms. The molecule has 6 saturated carbocycles. The molecular weight excluding hydrogens is 348 g/mol. The topological polar surface area (TPSA) is 67.5 Å². The zero-order valence-corrected chi connectivity index (χ0v) is 11.7. The Morgan fingerprint density at radius 1 is 1.50 bits per heavy atom. The molecule has 0 heterocycles. The van der Waals surface area contributed by atoms with Crippen molar-refractivity contribution in [3.8, 4) is 0 Å². The Morgan fingerprint density at radius 3 is 2.94 bits per heavy atom. The molecule has 18 heavy (non-hydrogen) atoms. The number of nitrogens with zero attached hydrogens (tertiary/aromatic N) is 1. The highest BCUT2D eigenvalue weighted by Gasteiger charge is 2.89. The van der Waals surface area contributed by atoms with Gasteiger partial charge in [0.2, 0.25) is 0 Å². The summed E-state index contributed by atoms with van der Waals surface area (Å²) >= 11 is 2.33. The Bertz CT molecular complexity index is 523. The van der Waals surface area contributed by atoms with E-state index in [9.17, 15) is 4.79 Å². The molecule has 6 rings (SSSR count). The minimum atomic E-state index is -1.05. The van der Waals surface area contributed by atoms with Gasteiger partial charge in [-0.15, -0.1) is 0 Å². The first kappa shape index (κ1) is 10.4. The van der Waals surface area contributed by atoms with Crippen molar-refractivity contribution in [2.24, 2.45) is 52.3 Å². The van der Waals surface area contributed by atoms with Gasteiger partial charge in [-0.3, -0.25) is 0 Å². The largest absolute Gasteiger partial charge is 0.350 e. The number of hydrogen-bond acceptors (Lipinski definition) is 2. The third kappa shape index (κ3) is 0.750. The Labute approximate surface area is 117 Å². The molecule has 3 N–H and O–H groups in total. The monoisotopic (exact) mass is 361 g/mol. The number of hydrogen-bond donors (Lipinski definition) is 2. The van der Waals surface area contributed by atoms with Gasteiger partial charge in [0.15, 0.2) is 0 Å². The number of primary amides is 1. The Balaban J connectivity index is 1.67. The molecule has 0 aromatic carbocycles. The molecular formula is C12H13FIN3O. The van der Waals surface area contributed by atoms with E-state index in [1.165, 1.54) is 6.42 Å². The number of amides is 2. The number of urea groups is 1. The van der Waals surface area contributed by atoms with E-state index in [0.717, 1.165) is 5.71 Å². The summed E-state index contributed by atoms with van der Waals surface area (Å²) in [6.07, 6.45) is 1.18. The second kappa shape index (κ2) is 2.71. The molecule has 4 nitrogen and oxygen atoms in total. The zero-order chi connectivity index (χ0) is 12.4. The van der Waals surface area contributed by atoms with E-state index >= 15 is 4.39 Å². The van der Waals surface area contributed by atoms with Gasteiger partial charge in [0, 0.05) is 27.4 Å². The highest BCUT2D eigenvalue weighted by Crippen LogP contribution is 2.85. The van der Waals surface area contributed by atoms with Crippen LogP contribution in [-0.4, -0.2) is 21.3 Å². The predicted octanol–water partition coefficient (Wildman–Crippen LogP) is 1.29. The maximum absolute atomic E-state index is 15.4. The van der Waals surface area contributed by atoms with Gasteiger partial charge in [0.25, 0.3) is 0 Å². The maximum atomic E-state index is 15.4. The third-order valence-corrected chi connectivity index (χ3v) is 8.16. The van der Waals surface area contributed by atoms with Crippen molar-refractivity contribution in [1.29, 1.82) is 0 Å². The number of nitrogens with one attached hydrogen (secondary N) is 1. The van der Waals surface area contributed by atoms with Crippen LogP contribution >= 0.6 is 22.6 Å². The Morgan fingerprint density at radius 2 is 2.28 bits per heavy atom. The number of carbonyl (C=O) groups excluding carboxylic acids is 1. The standard InChI is InChI=1S/C12H13FIN3O/c13-12-7-3-1-2-4(5(3)10(12)14)8(12)9(6(2)7)16-17-11(15)18/h2-8,10H,1H2,(H3,15,17,18)/b16-9+/t2-,3-,4+,5-,6-,7+,8+,10-,12+/m0/s1. The van der Waals surface area contributed by atoms with Crippen LogP contribution in [0.25, 0.3) is 0 Å². The average molecular weight is 361 g/mol. The van der Waals surface area contributed by atoms with Gasteiger partial charge in [0.1, 0.15) is 5.67 Å². The summed E-state index contributed by atoms with van der Waals surface area (Å²) < 4.78 is 15.6. The van der Waals surface area contributed by atoms with Gasteiger partial charge in [-0.1, -0.05) is 22.6 Å². The van der Waals surface area contributed by atoms with E-state index < -0.39 is 11.7 Å². The van der Waals surface area contributed by atoms with Gasteiger partial charge < -0.3 is 5.73 Å². The molecule has 0 aromatic heterocycles. The van der Waals surface area contributed by atoms with Crippen LogP contribution in [0.3, 0.4) is 0 Å².